The molecule has 0 aromatic heterocycles. The van der Waals surface area contributed by atoms with Gasteiger partial charge in [-0.1, -0.05) is 12.1 Å². The van der Waals surface area contributed by atoms with Crippen LogP contribution >= 0.6 is 0 Å². The van der Waals surface area contributed by atoms with Crippen molar-refractivity contribution in [2.24, 2.45) is 0 Å². The van der Waals surface area contributed by atoms with Gasteiger partial charge in [0.05, 0.1) is 12.2 Å². The van der Waals surface area contributed by atoms with E-state index in [4.69, 9.17) is 4.74 Å². The molecule has 1 rings (SSSR count). The molecule has 1 aromatic carbocycles. The molecular weight excluding hydrogens is 230 g/mol. The van der Waals surface area contributed by atoms with Crippen molar-refractivity contribution in [3.05, 3.63) is 29.8 Å². The average molecular weight is 242 g/mol. The molecule has 0 saturated carbocycles. The van der Waals surface area contributed by atoms with E-state index in [9.17, 15) is 13.6 Å². The summed E-state index contributed by atoms with van der Waals surface area (Å²) in [4.78, 5) is 11.6. The van der Waals surface area contributed by atoms with E-state index in [1.54, 1.807) is 12.1 Å². The number of carbonyl (C=O) groups excluding carboxylic acids is 1. The Labute approximate surface area is 96.1 Å². The molecule has 1 atom stereocenters. The molecule has 0 aliphatic rings. The van der Waals surface area contributed by atoms with Crippen molar-refractivity contribution in [1.29, 1.82) is 0 Å². The van der Waals surface area contributed by atoms with E-state index in [2.05, 4.69) is 5.32 Å². The number of amides is 1. The van der Waals surface area contributed by atoms with Crippen LogP contribution in [0.2, 0.25) is 0 Å². The number of rotatable bonds is 5. The highest BCUT2D eigenvalue weighted by Gasteiger charge is 2.10. The molecule has 0 bridgehead atoms. The van der Waals surface area contributed by atoms with Crippen LogP contribution in [-0.2, 0) is 15.8 Å². The van der Waals surface area contributed by atoms with E-state index in [-0.39, 0.29) is 10.5 Å². The van der Waals surface area contributed by atoms with Crippen molar-refractivity contribution in [1.82, 2.24) is 5.32 Å². The van der Waals surface area contributed by atoms with Crippen molar-refractivity contribution >= 4 is 17.0 Å². The zero-order valence-corrected chi connectivity index (χ0v) is 9.58. The summed E-state index contributed by atoms with van der Waals surface area (Å²) in [6, 6.07) is 6.03. The second kappa shape index (κ2) is 6.37. The summed E-state index contributed by atoms with van der Waals surface area (Å²) in [6.45, 7) is 0.726. The van der Waals surface area contributed by atoms with Crippen molar-refractivity contribution in [3.8, 4) is 0 Å². The van der Waals surface area contributed by atoms with E-state index in [1.165, 1.54) is 19.2 Å². The van der Waals surface area contributed by atoms with Gasteiger partial charge in [-0.25, -0.2) is 0 Å². The van der Waals surface area contributed by atoms with Crippen LogP contribution in [0.3, 0.4) is 0 Å². The topological polar surface area (TPSA) is 78.5 Å². The van der Waals surface area contributed by atoms with E-state index >= 15 is 0 Å². The standard InChI is InChI=1S/C10H13NO4S/c1-15-7-6-11-10(12)8-4-2-3-5-9(8)16(13)14/h2-5H,6-7H2,1H3,(H,11,12)(H,13,14)/p-1. The number of hydrogen-bond donors (Lipinski definition) is 1. The molecule has 6 heteroatoms. The highest BCUT2D eigenvalue weighted by atomic mass is 32.2. The zero-order valence-electron chi connectivity index (χ0n) is 8.76. The Hall–Kier alpha value is -1.24. The molecule has 1 unspecified atom stereocenters. The van der Waals surface area contributed by atoms with E-state index < -0.39 is 17.0 Å². The summed E-state index contributed by atoms with van der Waals surface area (Å²) >= 11 is -2.41. The van der Waals surface area contributed by atoms with Crippen molar-refractivity contribution < 1.29 is 18.3 Å². The first-order valence-corrected chi connectivity index (χ1v) is 5.69. The molecule has 0 aliphatic heterocycles. The smallest absolute Gasteiger partial charge is 0.252 e. The molecule has 1 N–H and O–H groups in total. The second-order valence-electron chi connectivity index (χ2n) is 2.98. The van der Waals surface area contributed by atoms with E-state index in [0.717, 1.165) is 0 Å². The number of ether oxygens (including phenoxy) is 1. The minimum Gasteiger partial charge on any atom is -0.768 e. The van der Waals surface area contributed by atoms with Gasteiger partial charge in [-0.2, -0.15) is 0 Å². The van der Waals surface area contributed by atoms with E-state index in [1.807, 2.05) is 0 Å². The van der Waals surface area contributed by atoms with Gasteiger partial charge in [0.2, 0.25) is 0 Å². The van der Waals surface area contributed by atoms with Gasteiger partial charge >= 0.3 is 0 Å². The molecule has 1 amide bonds. The Morgan fingerprint density at radius 2 is 2.19 bits per heavy atom. The molecule has 5 nitrogen and oxygen atoms in total. The van der Waals surface area contributed by atoms with Crippen LogP contribution in [0.1, 0.15) is 10.4 Å². The maximum atomic E-state index is 11.6. The number of benzene rings is 1. The van der Waals surface area contributed by atoms with Crippen molar-refractivity contribution in [2.75, 3.05) is 20.3 Å². The monoisotopic (exact) mass is 242 g/mol. The third kappa shape index (κ3) is 3.41. The van der Waals surface area contributed by atoms with Crippen LogP contribution in [0.25, 0.3) is 0 Å². The lowest BCUT2D eigenvalue weighted by Gasteiger charge is -2.11. The van der Waals surface area contributed by atoms with Gasteiger partial charge in [0.1, 0.15) is 0 Å². The molecule has 0 aliphatic carbocycles. The maximum absolute atomic E-state index is 11.6. The van der Waals surface area contributed by atoms with Crippen molar-refractivity contribution in [2.45, 2.75) is 4.90 Å². The Kier molecular flexibility index (Phi) is 5.10. The minimum absolute atomic E-state index is 0.00239. The average Bonchev–Trinajstić information content (AvgIpc) is 2.29. The normalized spacial score (nSPS) is 12.1. The van der Waals surface area contributed by atoms with Gasteiger partial charge in [-0.05, 0) is 23.2 Å². The molecular formula is C10H12NO4S-. The first kappa shape index (κ1) is 12.8. The van der Waals surface area contributed by atoms with Crippen molar-refractivity contribution in [3.63, 3.8) is 0 Å². The molecule has 0 saturated heterocycles. The predicted molar refractivity (Wildman–Crippen MR) is 57.8 cm³/mol. The van der Waals surface area contributed by atoms with Crippen LogP contribution in [0.4, 0.5) is 0 Å². The first-order chi connectivity index (χ1) is 7.66. The number of methoxy groups -OCH3 is 1. The van der Waals surface area contributed by atoms with Gasteiger partial charge in [-0.3, -0.25) is 9.00 Å². The van der Waals surface area contributed by atoms with Gasteiger partial charge in [-0.15, -0.1) is 0 Å². The van der Waals surface area contributed by atoms with Crippen LogP contribution in [0.5, 0.6) is 0 Å². The molecule has 1 aromatic rings. The van der Waals surface area contributed by atoms with Gasteiger partial charge in [0.25, 0.3) is 5.91 Å². The highest BCUT2D eigenvalue weighted by Crippen LogP contribution is 2.11. The summed E-state index contributed by atoms with van der Waals surface area (Å²) < 4.78 is 26.5. The predicted octanol–water partition coefficient (Wildman–Crippen LogP) is 0.301. The van der Waals surface area contributed by atoms with Gasteiger partial charge < -0.3 is 14.6 Å². The lowest BCUT2D eigenvalue weighted by Crippen LogP contribution is -2.27. The Bertz CT molecular complexity index is 394. The molecule has 0 fully saturated rings. The highest BCUT2D eigenvalue weighted by molar-refractivity contribution is 7.79. The summed E-state index contributed by atoms with van der Waals surface area (Å²) in [6.07, 6.45) is 0. The van der Waals surface area contributed by atoms with Gasteiger partial charge in [0, 0.05) is 18.6 Å². The fourth-order valence-electron chi connectivity index (χ4n) is 1.16. The molecule has 0 heterocycles. The van der Waals surface area contributed by atoms with E-state index in [0.29, 0.717) is 13.2 Å². The molecule has 16 heavy (non-hydrogen) atoms. The SMILES string of the molecule is COCCNC(=O)c1ccccc1S(=O)[O-]. The third-order valence-corrected chi connectivity index (χ3v) is 2.62. The third-order valence-electron chi connectivity index (χ3n) is 1.90. The fraction of sp³-hybridized carbons (Fsp3) is 0.300. The number of carbonyl (C=O) groups is 1. The first-order valence-electron chi connectivity index (χ1n) is 4.62. The quantitative estimate of drug-likeness (QED) is 0.595. The maximum Gasteiger partial charge on any atom is 0.252 e. The summed E-state index contributed by atoms with van der Waals surface area (Å²) in [5.41, 5.74) is 0.145. The lowest BCUT2D eigenvalue weighted by atomic mass is 10.2. The van der Waals surface area contributed by atoms with Crippen LogP contribution in [-0.4, -0.2) is 34.9 Å². The number of hydrogen-bond acceptors (Lipinski definition) is 4. The Balaban J connectivity index is 2.78. The zero-order chi connectivity index (χ0) is 12.0. The largest absolute Gasteiger partial charge is 0.768 e. The van der Waals surface area contributed by atoms with Crippen LogP contribution in [0, 0.1) is 0 Å². The Morgan fingerprint density at radius 1 is 1.50 bits per heavy atom. The molecule has 0 spiro atoms. The van der Waals surface area contributed by atoms with Crippen LogP contribution < -0.4 is 5.32 Å². The lowest BCUT2D eigenvalue weighted by molar-refractivity contribution is 0.0933. The number of nitrogens with one attached hydrogen (secondary N) is 1. The fourth-order valence-corrected chi connectivity index (χ4v) is 1.69. The van der Waals surface area contributed by atoms with Gasteiger partial charge in [0.15, 0.2) is 0 Å². The second-order valence-corrected chi connectivity index (χ2v) is 3.89. The Morgan fingerprint density at radius 3 is 2.81 bits per heavy atom. The molecule has 0 radical (unpaired) electrons. The van der Waals surface area contributed by atoms with Crippen LogP contribution in [0.15, 0.2) is 29.2 Å². The molecule has 88 valence electrons. The summed E-state index contributed by atoms with van der Waals surface area (Å²) in [7, 11) is 1.52. The minimum atomic E-state index is -2.41. The summed E-state index contributed by atoms with van der Waals surface area (Å²) in [5.74, 6) is -0.420. The summed E-state index contributed by atoms with van der Waals surface area (Å²) in [5, 5.41) is 2.56.